The number of aliphatic hydroxyl groups excluding tert-OH is 1. The van der Waals surface area contributed by atoms with E-state index in [4.69, 9.17) is 0 Å². The average Bonchev–Trinajstić information content (AvgIpc) is 2.38. The Balaban J connectivity index is 2.36. The van der Waals surface area contributed by atoms with E-state index in [2.05, 4.69) is 29.0 Å². The highest BCUT2D eigenvalue weighted by molar-refractivity contribution is 5.55. The van der Waals surface area contributed by atoms with Crippen LogP contribution in [0.4, 0.5) is 0 Å². The number of nitrogens with zero attached hydrogens (tertiary/aromatic N) is 2. The van der Waals surface area contributed by atoms with Crippen LogP contribution in [0.3, 0.4) is 0 Å². The molecular formula is C15H18N2O. The van der Waals surface area contributed by atoms with Crippen LogP contribution in [0.15, 0.2) is 30.5 Å². The summed E-state index contributed by atoms with van der Waals surface area (Å²) >= 11 is 0. The molecule has 3 heteroatoms. The number of aliphatic hydroxyl groups is 1. The lowest BCUT2D eigenvalue weighted by Gasteiger charge is -2.09. The predicted molar refractivity (Wildman–Crippen MR) is 72.2 cm³/mol. The van der Waals surface area contributed by atoms with E-state index < -0.39 is 6.10 Å². The third kappa shape index (κ3) is 2.57. The molecule has 94 valence electrons. The third-order valence-corrected chi connectivity index (χ3v) is 3.09. The first-order valence-electron chi connectivity index (χ1n) is 6.22. The highest BCUT2D eigenvalue weighted by Crippen LogP contribution is 2.20. The van der Waals surface area contributed by atoms with Gasteiger partial charge in [0.25, 0.3) is 0 Å². The lowest BCUT2D eigenvalue weighted by atomic mass is 10.1. The number of hydrogen-bond acceptors (Lipinski definition) is 3. The monoisotopic (exact) mass is 242 g/mol. The molecule has 0 saturated carbocycles. The molecule has 1 N–H and O–H groups in total. The second-order valence-corrected chi connectivity index (χ2v) is 4.46. The predicted octanol–water partition coefficient (Wildman–Crippen LogP) is 3.07. The Morgan fingerprint density at radius 3 is 2.39 bits per heavy atom. The van der Waals surface area contributed by atoms with Gasteiger partial charge >= 0.3 is 0 Å². The van der Waals surface area contributed by atoms with Crippen molar-refractivity contribution in [2.75, 3.05) is 0 Å². The Morgan fingerprint density at radius 1 is 1.22 bits per heavy atom. The molecule has 0 aliphatic carbocycles. The summed E-state index contributed by atoms with van der Waals surface area (Å²) < 4.78 is 0. The Hall–Kier alpha value is -1.74. The zero-order valence-electron chi connectivity index (χ0n) is 11.0. The summed E-state index contributed by atoms with van der Waals surface area (Å²) in [4.78, 5) is 8.76. The van der Waals surface area contributed by atoms with E-state index in [1.54, 1.807) is 13.1 Å². The van der Waals surface area contributed by atoms with E-state index in [0.717, 1.165) is 23.2 Å². The molecule has 0 fully saturated rings. The van der Waals surface area contributed by atoms with Gasteiger partial charge in [-0.3, -0.25) is 0 Å². The fourth-order valence-corrected chi connectivity index (χ4v) is 1.92. The zero-order chi connectivity index (χ0) is 13.1. The lowest BCUT2D eigenvalue weighted by Crippen LogP contribution is -2.01. The minimum absolute atomic E-state index is 0.526. The Morgan fingerprint density at radius 2 is 1.89 bits per heavy atom. The molecule has 1 aromatic heterocycles. The number of benzene rings is 1. The number of aromatic nitrogens is 2. The van der Waals surface area contributed by atoms with Gasteiger partial charge in [0.1, 0.15) is 0 Å². The first-order valence-corrected chi connectivity index (χ1v) is 6.22. The summed E-state index contributed by atoms with van der Waals surface area (Å²) in [6.45, 7) is 5.75. The zero-order valence-corrected chi connectivity index (χ0v) is 11.0. The molecule has 0 bridgehead atoms. The summed E-state index contributed by atoms with van der Waals surface area (Å²) in [5, 5.41) is 9.55. The fourth-order valence-electron chi connectivity index (χ4n) is 1.92. The van der Waals surface area contributed by atoms with Gasteiger partial charge in [-0.05, 0) is 25.8 Å². The molecular weight excluding hydrogens is 224 g/mol. The summed E-state index contributed by atoms with van der Waals surface area (Å²) in [5.74, 6) is 0.708. The van der Waals surface area contributed by atoms with Crippen molar-refractivity contribution in [2.24, 2.45) is 0 Å². The highest BCUT2D eigenvalue weighted by atomic mass is 16.3. The second kappa shape index (κ2) is 5.27. The van der Waals surface area contributed by atoms with Gasteiger partial charge in [-0.1, -0.05) is 31.2 Å². The molecule has 0 spiro atoms. The Labute approximate surface area is 108 Å². The molecule has 0 amide bonds. The minimum atomic E-state index is -0.526. The fraction of sp³-hybridized carbons (Fsp3) is 0.333. The van der Waals surface area contributed by atoms with Crippen LogP contribution in [0, 0.1) is 6.92 Å². The SMILES string of the molecule is CCc1ccc(-c2ncc(C(C)O)c(C)n2)cc1. The van der Waals surface area contributed by atoms with Crippen molar-refractivity contribution in [1.82, 2.24) is 9.97 Å². The average molecular weight is 242 g/mol. The van der Waals surface area contributed by atoms with Crippen molar-refractivity contribution in [2.45, 2.75) is 33.3 Å². The summed E-state index contributed by atoms with van der Waals surface area (Å²) in [6, 6.07) is 8.26. The maximum atomic E-state index is 9.55. The molecule has 1 atom stereocenters. The molecule has 0 saturated heterocycles. The first kappa shape index (κ1) is 12.7. The van der Waals surface area contributed by atoms with Crippen molar-refractivity contribution >= 4 is 0 Å². The van der Waals surface area contributed by atoms with Crippen LogP contribution in [-0.4, -0.2) is 15.1 Å². The maximum absolute atomic E-state index is 9.55. The van der Waals surface area contributed by atoms with Gasteiger partial charge in [0.2, 0.25) is 0 Å². The smallest absolute Gasteiger partial charge is 0.159 e. The van der Waals surface area contributed by atoms with Crippen molar-refractivity contribution in [3.63, 3.8) is 0 Å². The van der Waals surface area contributed by atoms with Crippen molar-refractivity contribution in [3.8, 4) is 11.4 Å². The molecule has 0 aliphatic rings. The van der Waals surface area contributed by atoms with Crippen molar-refractivity contribution in [3.05, 3.63) is 47.3 Å². The molecule has 1 unspecified atom stereocenters. The molecule has 1 heterocycles. The van der Waals surface area contributed by atoms with E-state index in [9.17, 15) is 5.11 Å². The normalized spacial score (nSPS) is 12.4. The lowest BCUT2D eigenvalue weighted by molar-refractivity contribution is 0.197. The van der Waals surface area contributed by atoms with Crippen LogP contribution in [0.25, 0.3) is 11.4 Å². The molecule has 2 aromatic rings. The number of rotatable bonds is 3. The molecule has 3 nitrogen and oxygen atoms in total. The van der Waals surface area contributed by atoms with E-state index in [1.807, 2.05) is 19.1 Å². The van der Waals surface area contributed by atoms with E-state index in [0.29, 0.717) is 5.82 Å². The first-order chi connectivity index (χ1) is 8.61. The largest absolute Gasteiger partial charge is 0.389 e. The number of aryl methyl sites for hydroxylation is 2. The number of hydrogen-bond donors (Lipinski definition) is 1. The van der Waals surface area contributed by atoms with Crippen molar-refractivity contribution < 1.29 is 5.11 Å². The topological polar surface area (TPSA) is 46.0 Å². The molecule has 18 heavy (non-hydrogen) atoms. The van der Waals surface area contributed by atoms with Crippen LogP contribution in [-0.2, 0) is 6.42 Å². The second-order valence-electron chi connectivity index (χ2n) is 4.46. The third-order valence-electron chi connectivity index (χ3n) is 3.09. The van der Waals surface area contributed by atoms with Crippen LogP contribution in [0.5, 0.6) is 0 Å². The molecule has 0 radical (unpaired) electrons. The van der Waals surface area contributed by atoms with Crippen LogP contribution in [0.1, 0.15) is 36.8 Å². The molecule has 2 rings (SSSR count). The van der Waals surface area contributed by atoms with E-state index >= 15 is 0 Å². The Bertz CT molecular complexity index is 533. The van der Waals surface area contributed by atoms with E-state index in [1.165, 1.54) is 5.56 Å². The van der Waals surface area contributed by atoms with Crippen LogP contribution < -0.4 is 0 Å². The molecule has 1 aromatic carbocycles. The van der Waals surface area contributed by atoms with Gasteiger partial charge in [-0.2, -0.15) is 0 Å². The van der Waals surface area contributed by atoms with Crippen molar-refractivity contribution in [1.29, 1.82) is 0 Å². The summed E-state index contributed by atoms with van der Waals surface area (Å²) in [6.07, 6.45) is 2.21. The quantitative estimate of drug-likeness (QED) is 0.899. The van der Waals surface area contributed by atoms with Gasteiger partial charge in [-0.25, -0.2) is 9.97 Å². The van der Waals surface area contributed by atoms with Gasteiger partial charge in [0.15, 0.2) is 5.82 Å². The van der Waals surface area contributed by atoms with Crippen LogP contribution in [0.2, 0.25) is 0 Å². The summed E-state index contributed by atoms with van der Waals surface area (Å²) in [5.41, 5.74) is 3.92. The van der Waals surface area contributed by atoms with Crippen LogP contribution >= 0.6 is 0 Å². The maximum Gasteiger partial charge on any atom is 0.159 e. The van der Waals surface area contributed by atoms with Gasteiger partial charge in [-0.15, -0.1) is 0 Å². The minimum Gasteiger partial charge on any atom is -0.389 e. The standard InChI is InChI=1S/C15H18N2O/c1-4-12-5-7-13(8-6-12)15-16-9-14(11(3)18)10(2)17-15/h5-9,11,18H,4H2,1-3H3. The molecule has 0 aliphatic heterocycles. The Kier molecular flexibility index (Phi) is 3.72. The van der Waals surface area contributed by atoms with Gasteiger partial charge in [0.05, 0.1) is 6.10 Å². The van der Waals surface area contributed by atoms with E-state index in [-0.39, 0.29) is 0 Å². The highest BCUT2D eigenvalue weighted by Gasteiger charge is 2.09. The van der Waals surface area contributed by atoms with Gasteiger partial charge < -0.3 is 5.11 Å². The summed E-state index contributed by atoms with van der Waals surface area (Å²) in [7, 11) is 0. The van der Waals surface area contributed by atoms with Gasteiger partial charge in [0, 0.05) is 23.0 Å².